The lowest BCUT2D eigenvalue weighted by molar-refractivity contribution is -0.129. The van der Waals surface area contributed by atoms with E-state index in [9.17, 15) is 14.4 Å². The molecule has 0 saturated carbocycles. The van der Waals surface area contributed by atoms with Crippen molar-refractivity contribution in [2.24, 2.45) is 5.92 Å². The summed E-state index contributed by atoms with van der Waals surface area (Å²) in [4.78, 5) is 37.0. The quantitative estimate of drug-likeness (QED) is 0.571. The molecule has 0 saturated heterocycles. The summed E-state index contributed by atoms with van der Waals surface area (Å²) in [5.74, 6) is -1.59. The number of anilines is 2. The Balaban J connectivity index is 1.84. The molecule has 9 heteroatoms. The number of amides is 2. The lowest BCUT2D eigenvalue weighted by Gasteiger charge is -2.25. The Morgan fingerprint density at radius 3 is 2.45 bits per heavy atom. The summed E-state index contributed by atoms with van der Waals surface area (Å²) in [5.41, 5.74) is 1.73. The molecule has 0 aromatic heterocycles. The minimum atomic E-state index is -0.988. The van der Waals surface area contributed by atoms with E-state index in [1.54, 1.807) is 12.1 Å². The van der Waals surface area contributed by atoms with Crippen LogP contribution in [-0.2, 0) is 20.7 Å². The van der Waals surface area contributed by atoms with Crippen LogP contribution in [0.25, 0.3) is 0 Å². The fraction of sp³-hybridized carbons (Fsp3) is 0.250. The highest BCUT2D eigenvalue weighted by Crippen LogP contribution is 2.37. The van der Waals surface area contributed by atoms with Gasteiger partial charge in [0, 0.05) is 11.8 Å². The van der Waals surface area contributed by atoms with Crippen molar-refractivity contribution in [2.75, 3.05) is 32.0 Å². The second kappa shape index (κ2) is 8.40. The first-order chi connectivity index (χ1) is 13.9. The van der Waals surface area contributed by atoms with Crippen molar-refractivity contribution in [3.8, 4) is 11.5 Å². The molecule has 1 heterocycles. The Morgan fingerprint density at radius 2 is 1.79 bits per heavy atom. The predicted octanol–water partition coefficient (Wildman–Crippen LogP) is 2.89. The van der Waals surface area contributed by atoms with Crippen LogP contribution in [0, 0.1) is 5.92 Å². The monoisotopic (exact) mass is 418 g/mol. The molecule has 29 heavy (non-hydrogen) atoms. The first-order valence-corrected chi connectivity index (χ1v) is 9.00. The van der Waals surface area contributed by atoms with E-state index < -0.39 is 23.7 Å². The van der Waals surface area contributed by atoms with Crippen molar-refractivity contribution in [2.45, 2.75) is 6.42 Å². The molecule has 0 fully saturated rings. The van der Waals surface area contributed by atoms with Gasteiger partial charge < -0.3 is 24.8 Å². The van der Waals surface area contributed by atoms with E-state index in [-0.39, 0.29) is 22.7 Å². The van der Waals surface area contributed by atoms with Gasteiger partial charge in [0.25, 0.3) is 0 Å². The van der Waals surface area contributed by atoms with E-state index in [2.05, 4.69) is 15.4 Å². The molecular formula is C20H19ClN2O6. The maximum absolute atomic E-state index is 12.8. The van der Waals surface area contributed by atoms with Gasteiger partial charge in [-0.15, -0.1) is 0 Å². The molecule has 1 unspecified atom stereocenters. The van der Waals surface area contributed by atoms with Crippen LogP contribution in [0.15, 0.2) is 30.3 Å². The zero-order valence-corrected chi connectivity index (χ0v) is 16.8. The third kappa shape index (κ3) is 4.12. The zero-order chi connectivity index (χ0) is 21.1. The Labute approximate surface area is 172 Å². The SMILES string of the molecule is COC(=O)c1ccc(Cl)c(NC(=O)C2Cc3cc(OC)c(OC)cc3NC2=O)c1. The normalized spacial score (nSPS) is 15.0. The van der Waals surface area contributed by atoms with E-state index in [1.165, 1.54) is 39.5 Å². The molecule has 8 nitrogen and oxygen atoms in total. The third-order valence-corrected chi connectivity index (χ3v) is 4.90. The zero-order valence-electron chi connectivity index (χ0n) is 16.0. The number of hydrogen-bond donors (Lipinski definition) is 2. The highest BCUT2D eigenvalue weighted by Gasteiger charge is 2.33. The molecule has 3 rings (SSSR count). The van der Waals surface area contributed by atoms with Crippen LogP contribution in [-0.4, -0.2) is 39.1 Å². The van der Waals surface area contributed by atoms with Crippen molar-refractivity contribution in [1.29, 1.82) is 0 Å². The van der Waals surface area contributed by atoms with Gasteiger partial charge in [0.15, 0.2) is 11.5 Å². The van der Waals surface area contributed by atoms with Crippen molar-refractivity contribution < 1.29 is 28.6 Å². The average molecular weight is 419 g/mol. The molecule has 2 N–H and O–H groups in total. The van der Waals surface area contributed by atoms with Crippen LogP contribution in [0.4, 0.5) is 11.4 Å². The van der Waals surface area contributed by atoms with Crippen molar-refractivity contribution >= 4 is 40.8 Å². The highest BCUT2D eigenvalue weighted by molar-refractivity contribution is 6.34. The fourth-order valence-electron chi connectivity index (χ4n) is 3.04. The van der Waals surface area contributed by atoms with Crippen LogP contribution in [0.1, 0.15) is 15.9 Å². The number of esters is 1. The number of hydrogen-bond acceptors (Lipinski definition) is 6. The second-order valence-electron chi connectivity index (χ2n) is 6.29. The standard InChI is InChI=1S/C20H19ClN2O6/c1-27-16-8-11-6-12(18(24)22-14(11)9-17(16)28-2)19(25)23-15-7-10(20(26)29-3)4-5-13(15)21/h4-5,7-9,12H,6H2,1-3H3,(H,22,24)(H,23,25). The van der Waals surface area contributed by atoms with Crippen LogP contribution in [0.2, 0.25) is 5.02 Å². The number of halogens is 1. The number of carbonyl (C=O) groups is 3. The number of nitrogens with one attached hydrogen (secondary N) is 2. The summed E-state index contributed by atoms with van der Waals surface area (Å²) < 4.78 is 15.2. The Bertz CT molecular complexity index is 991. The van der Waals surface area contributed by atoms with Gasteiger partial charge in [-0.1, -0.05) is 11.6 Å². The predicted molar refractivity (Wildman–Crippen MR) is 107 cm³/mol. The van der Waals surface area contributed by atoms with Crippen molar-refractivity contribution in [3.05, 3.63) is 46.5 Å². The van der Waals surface area contributed by atoms with Crippen molar-refractivity contribution in [3.63, 3.8) is 0 Å². The van der Waals surface area contributed by atoms with Gasteiger partial charge in [0.05, 0.1) is 37.6 Å². The van der Waals surface area contributed by atoms with E-state index >= 15 is 0 Å². The lowest BCUT2D eigenvalue weighted by atomic mass is 9.92. The van der Waals surface area contributed by atoms with Gasteiger partial charge in [-0.25, -0.2) is 4.79 Å². The van der Waals surface area contributed by atoms with Gasteiger partial charge in [-0.05, 0) is 36.2 Å². The maximum Gasteiger partial charge on any atom is 0.337 e. The summed E-state index contributed by atoms with van der Waals surface area (Å²) >= 11 is 6.12. The molecule has 0 spiro atoms. The van der Waals surface area contributed by atoms with E-state index in [1.807, 2.05) is 0 Å². The molecule has 2 amide bonds. The average Bonchev–Trinajstić information content (AvgIpc) is 2.73. The number of ether oxygens (including phenoxy) is 3. The molecular weight excluding hydrogens is 400 g/mol. The largest absolute Gasteiger partial charge is 0.493 e. The van der Waals surface area contributed by atoms with Gasteiger partial charge in [0.1, 0.15) is 5.92 Å². The number of carbonyl (C=O) groups excluding carboxylic acids is 3. The van der Waals surface area contributed by atoms with Gasteiger partial charge in [-0.2, -0.15) is 0 Å². The van der Waals surface area contributed by atoms with E-state index in [0.717, 1.165) is 5.56 Å². The van der Waals surface area contributed by atoms with Gasteiger partial charge in [0.2, 0.25) is 11.8 Å². The summed E-state index contributed by atoms with van der Waals surface area (Å²) in [7, 11) is 4.26. The van der Waals surface area contributed by atoms with Crippen LogP contribution >= 0.6 is 11.6 Å². The molecule has 1 aliphatic rings. The number of methoxy groups -OCH3 is 3. The minimum absolute atomic E-state index is 0.168. The number of fused-ring (bicyclic) bond motifs is 1. The van der Waals surface area contributed by atoms with Crippen LogP contribution in [0.5, 0.6) is 11.5 Å². The summed E-state index contributed by atoms with van der Waals surface area (Å²) in [6, 6.07) is 7.72. The first-order valence-electron chi connectivity index (χ1n) is 8.62. The van der Waals surface area contributed by atoms with Gasteiger partial charge in [-0.3, -0.25) is 9.59 Å². The molecule has 2 aromatic carbocycles. The fourth-order valence-corrected chi connectivity index (χ4v) is 3.20. The molecule has 0 aliphatic carbocycles. The van der Waals surface area contributed by atoms with Gasteiger partial charge >= 0.3 is 5.97 Å². The summed E-state index contributed by atoms with van der Waals surface area (Å²) in [5, 5.41) is 5.56. The van der Waals surface area contributed by atoms with Crippen LogP contribution < -0.4 is 20.1 Å². The number of benzene rings is 2. The minimum Gasteiger partial charge on any atom is -0.493 e. The molecule has 152 valence electrons. The van der Waals surface area contributed by atoms with E-state index in [4.69, 9.17) is 21.1 Å². The topological polar surface area (TPSA) is 103 Å². The second-order valence-corrected chi connectivity index (χ2v) is 6.69. The molecule has 1 aliphatic heterocycles. The Kier molecular flexibility index (Phi) is 5.93. The lowest BCUT2D eigenvalue weighted by Crippen LogP contribution is -2.38. The third-order valence-electron chi connectivity index (χ3n) is 4.57. The molecule has 1 atom stereocenters. The van der Waals surface area contributed by atoms with Crippen LogP contribution in [0.3, 0.4) is 0 Å². The molecule has 0 radical (unpaired) electrons. The smallest absolute Gasteiger partial charge is 0.337 e. The van der Waals surface area contributed by atoms with Crippen molar-refractivity contribution in [1.82, 2.24) is 0 Å². The summed E-state index contributed by atoms with van der Waals surface area (Å²) in [6.07, 6.45) is 0.168. The highest BCUT2D eigenvalue weighted by atomic mass is 35.5. The summed E-state index contributed by atoms with van der Waals surface area (Å²) in [6.45, 7) is 0. The number of rotatable bonds is 5. The Hall–Kier alpha value is -3.26. The molecule has 2 aromatic rings. The first kappa shape index (κ1) is 20.5. The molecule has 0 bridgehead atoms. The van der Waals surface area contributed by atoms with E-state index in [0.29, 0.717) is 17.2 Å². The maximum atomic E-state index is 12.8. The Morgan fingerprint density at radius 1 is 1.10 bits per heavy atom.